The van der Waals surface area contributed by atoms with E-state index in [-0.39, 0.29) is 5.56 Å². The van der Waals surface area contributed by atoms with E-state index in [1.807, 2.05) is 6.92 Å². The minimum Gasteiger partial charge on any atom is -0.287 e. The zero-order valence-corrected chi connectivity index (χ0v) is 10.1. The van der Waals surface area contributed by atoms with Crippen molar-refractivity contribution in [2.45, 2.75) is 19.4 Å². The second-order valence-corrected chi connectivity index (χ2v) is 4.05. The summed E-state index contributed by atoms with van der Waals surface area (Å²) >= 11 is 5.93. The van der Waals surface area contributed by atoms with Gasteiger partial charge in [-0.2, -0.15) is 5.26 Å². The molecule has 1 atom stereocenters. The van der Waals surface area contributed by atoms with E-state index in [1.54, 1.807) is 18.0 Å². The monoisotopic (exact) mass is 240 g/mol. The van der Waals surface area contributed by atoms with Crippen molar-refractivity contribution in [1.82, 2.24) is 4.90 Å². The molecule has 1 unspecified atom stereocenters. The molecule has 4 heteroatoms. The molecular formula is C12H14ClFN2. The predicted molar refractivity (Wildman–Crippen MR) is 62.7 cm³/mol. The maximum Gasteiger partial charge on any atom is 0.130 e. The number of halogens is 2. The van der Waals surface area contributed by atoms with Crippen molar-refractivity contribution < 1.29 is 4.39 Å². The molecule has 0 N–H and O–H groups in total. The van der Waals surface area contributed by atoms with Crippen molar-refractivity contribution >= 4 is 11.6 Å². The van der Waals surface area contributed by atoms with Crippen molar-refractivity contribution in [3.8, 4) is 6.07 Å². The van der Waals surface area contributed by atoms with Crippen LogP contribution >= 0.6 is 11.6 Å². The smallest absolute Gasteiger partial charge is 0.130 e. The van der Waals surface area contributed by atoms with Crippen LogP contribution in [0.3, 0.4) is 0 Å². The van der Waals surface area contributed by atoms with E-state index >= 15 is 0 Å². The maximum atomic E-state index is 13.6. The third kappa shape index (κ3) is 2.72. The highest BCUT2D eigenvalue weighted by atomic mass is 35.5. The molecule has 0 heterocycles. The summed E-state index contributed by atoms with van der Waals surface area (Å²) in [5, 5.41) is 9.41. The van der Waals surface area contributed by atoms with Crippen LogP contribution in [0.4, 0.5) is 4.39 Å². The minimum absolute atomic E-state index is 0.266. The van der Waals surface area contributed by atoms with Crippen LogP contribution in [0, 0.1) is 17.1 Å². The highest BCUT2D eigenvalue weighted by Gasteiger charge is 2.22. The van der Waals surface area contributed by atoms with Gasteiger partial charge in [0.25, 0.3) is 0 Å². The number of rotatable bonds is 4. The summed E-state index contributed by atoms with van der Waals surface area (Å²) in [7, 11) is 1.79. The Balaban J connectivity index is 3.09. The lowest BCUT2D eigenvalue weighted by molar-refractivity contribution is 0.287. The Morgan fingerprint density at radius 2 is 2.25 bits per heavy atom. The lowest BCUT2D eigenvalue weighted by atomic mass is 10.1. The van der Waals surface area contributed by atoms with Gasteiger partial charge >= 0.3 is 0 Å². The fourth-order valence-corrected chi connectivity index (χ4v) is 1.90. The topological polar surface area (TPSA) is 27.0 Å². The second-order valence-electron chi connectivity index (χ2n) is 3.65. The normalized spacial score (nSPS) is 12.5. The summed E-state index contributed by atoms with van der Waals surface area (Å²) < 4.78 is 13.6. The summed E-state index contributed by atoms with van der Waals surface area (Å²) in [5.74, 6) is -0.429. The Morgan fingerprint density at radius 1 is 1.56 bits per heavy atom. The average molecular weight is 241 g/mol. The highest BCUT2D eigenvalue weighted by Crippen LogP contribution is 2.28. The molecule has 86 valence electrons. The first kappa shape index (κ1) is 13.0. The van der Waals surface area contributed by atoms with Crippen LogP contribution in [0.15, 0.2) is 18.2 Å². The van der Waals surface area contributed by atoms with Gasteiger partial charge in [-0.15, -0.1) is 0 Å². The van der Waals surface area contributed by atoms with E-state index < -0.39 is 11.9 Å². The summed E-state index contributed by atoms with van der Waals surface area (Å²) in [5.41, 5.74) is 0.266. The van der Waals surface area contributed by atoms with Crippen LogP contribution < -0.4 is 0 Å². The summed E-state index contributed by atoms with van der Waals surface area (Å²) in [6.45, 7) is 2.73. The molecule has 0 aromatic heterocycles. The van der Waals surface area contributed by atoms with Gasteiger partial charge < -0.3 is 0 Å². The molecule has 0 aliphatic rings. The van der Waals surface area contributed by atoms with Crippen LogP contribution in [-0.2, 0) is 0 Å². The highest BCUT2D eigenvalue weighted by molar-refractivity contribution is 6.31. The van der Waals surface area contributed by atoms with Crippen molar-refractivity contribution in [2.24, 2.45) is 0 Å². The fraction of sp³-hybridized carbons (Fsp3) is 0.417. The van der Waals surface area contributed by atoms with Crippen molar-refractivity contribution in [3.63, 3.8) is 0 Å². The third-order valence-corrected chi connectivity index (χ3v) is 2.74. The van der Waals surface area contributed by atoms with Gasteiger partial charge in [0, 0.05) is 10.6 Å². The lowest BCUT2D eigenvalue weighted by Gasteiger charge is -2.23. The lowest BCUT2D eigenvalue weighted by Crippen LogP contribution is -2.25. The SMILES string of the molecule is CCCN(C)C(C#N)c1c(F)cccc1Cl. The van der Waals surface area contributed by atoms with E-state index in [4.69, 9.17) is 16.9 Å². The van der Waals surface area contributed by atoms with Gasteiger partial charge in [-0.25, -0.2) is 4.39 Å². The van der Waals surface area contributed by atoms with E-state index in [1.165, 1.54) is 12.1 Å². The second kappa shape index (κ2) is 5.83. The van der Waals surface area contributed by atoms with Crippen molar-refractivity contribution in [1.29, 1.82) is 5.26 Å². The molecule has 0 radical (unpaired) electrons. The molecule has 0 spiro atoms. The maximum absolute atomic E-state index is 13.6. The van der Waals surface area contributed by atoms with Crippen LogP contribution in [0.5, 0.6) is 0 Å². The molecule has 0 saturated carbocycles. The minimum atomic E-state index is -0.631. The van der Waals surface area contributed by atoms with E-state index in [0.29, 0.717) is 5.02 Å². The quantitative estimate of drug-likeness (QED) is 0.807. The number of nitriles is 1. The van der Waals surface area contributed by atoms with Gasteiger partial charge in [-0.3, -0.25) is 4.90 Å². The van der Waals surface area contributed by atoms with Gasteiger partial charge in [-0.05, 0) is 32.1 Å². The summed E-state index contributed by atoms with van der Waals surface area (Å²) in [4.78, 5) is 1.80. The molecule has 2 nitrogen and oxygen atoms in total. The Labute approximate surface area is 100 Å². The number of hydrogen-bond acceptors (Lipinski definition) is 2. The van der Waals surface area contributed by atoms with Crippen LogP contribution in [0.25, 0.3) is 0 Å². The fourth-order valence-electron chi connectivity index (χ4n) is 1.64. The Bertz CT molecular complexity index is 380. The van der Waals surface area contributed by atoms with Crippen molar-refractivity contribution in [2.75, 3.05) is 13.6 Å². The van der Waals surface area contributed by atoms with E-state index in [2.05, 4.69) is 6.07 Å². The first-order chi connectivity index (χ1) is 7.61. The number of hydrogen-bond donors (Lipinski definition) is 0. The predicted octanol–water partition coefficient (Wildman–Crippen LogP) is 3.39. The molecule has 0 aliphatic carbocycles. The number of nitrogens with zero attached hydrogens (tertiary/aromatic N) is 2. The summed E-state index contributed by atoms with van der Waals surface area (Å²) in [6, 6.07) is 5.92. The number of benzene rings is 1. The molecule has 0 amide bonds. The standard InChI is InChI=1S/C12H14ClFN2/c1-3-7-16(2)11(8-15)12-9(13)5-4-6-10(12)14/h4-6,11H,3,7H2,1-2H3. The summed E-state index contributed by atoms with van der Waals surface area (Å²) in [6.07, 6.45) is 0.904. The molecular weight excluding hydrogens is 227 g/mol. The zero-order chi connectivity index (χ0) is 12.1. The van der Waals surface area contributed by atoms with Crippen molar-refractivity contribution in [3.05, 3.63) is 34.6 Å². The molecule has 1 aromatic rings. The third-order valence-electron chi connectivity index (χ3n) is 2.41. The zero-order valence-electron chi connectivity index (χ0n) is 9.37. The van der Waals surface area contributed by atoms with Gasteiger partial charge in [0.2, 0.25) is 0 Å². The molecule has 1 aromatic carbocycles. The Hall–Kier alpha value is -1.11. The molecule has 1 rings (SSSR count). The van der Waals surface area contributed by atoms with Gasteiger partial charge in [-0.1, -0.05) is 24.6 Å². The Morgan fingerprint density at radius 3 is 2.75 bits per heavy atom. The van der Waals surface area contributed by atoms with E-state index in [0.717, 1.165) is 13.0 Å². The van der Waals surface area contributed by atoms with Gasteiger partial charge in [0.15, 0.2) is 0 Å². The molecule has 0 aliphatic heterocycles. The first-order valence-corrected chi connectivity index (χ1v) is 5.53. The van der Waals surface area contributed by atoms with Gasteiger partial charge in [0.1, 0.15) is 11.9 Å². The van der Waals surface area contributed by atoms with Crippen LogP contribution in [0.1, 0.15) is 24.9 Å². The van der Waals surface area contributed by atoms with Crippen LogP contribution in [-0.4, -0.2) is 18.5 Å². The first-order valence-electron chi connectivity index (χ1n) is 5.15. The molecule has 16 heavy (non-hydrogen) atoms. The molecule has 0 bridgehead atoms. The Kier molecular flexibility index (Phi) is 4.72. The van der Waals surface area contributed by atoms with Crippen LogP contribution in [0.2, 0.25) is 5.02 Å². The average Bonchev–Trinajstić information content (AvgIpc) is 2.24. The largest absolute Gasteiger partial charge is 0.287 e. The van der Waals surface area contributed by atoms with E-state index in [9.17, 15) is 4.39 Å². The molecule has 0 saturated heterocycles. The molecule has 0 fully saturated rings. The van der Waals surface area contributed by atoms with Gasteiger partial charge in [0.05, 0.1) is 6.07 Å².